The fourth-order valence-corrected chi connectivity index (χ4v) is 2.88. The van der Waals surface area contributed by atoms with Gasteiger partial charge in [0.15, 0.2) is 5.76 Å². The summed E-state index contributed by atoms with van der Waals surface area (Å²) in [4.78, 5) is 4.49. The van der Waals surface area contributed by atoms with Crippen LogP contribution >= 0.6 is 11.3 Å². The Balaban J connectivity index is 2.26. The van der Waals surface area contributed by atoms with Crippen molar-refractivity contribution >= 4 is 26.3 Å². The second-order valence-corrected chi connectivity index (χ2v) is 5.92. The number of imidazole rings is 1. The second-order valence-electron chi connectivity index (χ2n) is 3.23. The number of hydrogen-bond donors (Lipinski definition) is 1. The Kier molecular flexibility index (Phi) is 2.08. The molecule has 17 heavy (non-hydrogen) atoms. The van der Waals surface area contributed by atoms with E-state index in [-0.39, 0.29) is 4.34 Å². The minimum atomic E-state index is -3.80. The van der Waals surface area contributed by atoms with Gasteiger partial charge in [0.2, 0.25) is 9.30 Å². The van der Waals surface area contributed by atoms with Crippen LogP contribution in [0.3, 0.4) is 0 Å². The Labute approximate surface area is 99.5 Å². The van der Waals surface area contributed by atoms with Crippen LogP contribution in [0.5, 0.6) is 0 Å². The molecule has 0 amide bonds. The van der Waals surface area contributed by atoms with Crippen LogP contribution in [0.25, 0.3) is 16.4 Å². The monoisotopic (exact) mass is 270 g/mol. The standard InChI is InChI=1S/C8H6N4O3S2/c9-17(13,14)8-11-12-5(4-10-7(12)16-8)6-2-1-3-15-6/h1-4H,(H2,9,13,14). The third-order valence-electron chi connectivity index (χ3n) is 2.08. The molecule has 0 aliphatic rings. The minimum Gasteiger partial charge on any atom is -0.463 e. The number of sulfonamides is 1. The molecule has 3 rings (SSSR count). The second kappa shape index (κ2) is 3.39. The highest BCUT2D eigenvalue weighted by Gasteiger charge is 2.19. The molecule has 0 aromatic carbocycles. The third-order valence-corrected chi connectivity index (χ3v) is 4.32. The van der Waals surface area contributed by atoms with Gasteiger partial charge in [0.25, 0.3) is 10.0 Å². The smallest absolute Gasteiger partial charge is 0.267 e. The maximum absolute atomic E-state index is 11.2. The first kappa shape index (κ1) is 10.4. The Morgan fingerprint density at radius 1 is 1.47 bits per heavy atom. The topological polar surface area (TPSA) is 103 Å². The highest BCUT2D eigenvalue weighted by molar-refractivity contribution is 7.91. The van der Waals surface area contributed by atoms with E-state index in [1.165, 1.54) is 10.8 Å². The lowest BCUT2D eigenvalue weighted by atomic mass is 10.4. The van der Waals surface area contributed by atoms with Crippen LogP contribution in [0.15, 0.2) is 33.3 Å². The van der Waals surface area contributed by atoms with Crippen LogP contribution in [0, 0.1) is 0 Å². The fraction of sp³-hybridized carbons (Fsp3) is 0. The first-order valence-electron chi connectivity index (χ1n) is 4.47. The average molecular weight is 270 g/mol. The van der Waals surface area contributed by atoms with Gasteiger partial charge in [-0.2, -0.15) is 4.52 Å². The summed E-state index contributed by atoms with van der Waals surface area (Å²) in [6, 6.07) is 3.46. The van der Waals surface area contributed by atoms with E-state index in [4.69, 9.17) is 9.56 Å². The predicted octanol–water partition coefficient (Wildman–Crippen LogP) is 0.698. The van der Waals surface area contributed by atoms with Crippen molar-refractivity contribution in [2.45, 2.75) is 4.34 Å². The normalized spacial score (nSPS) is 12.3. The van der Waals surface area contributed by atoms with Crippen molar-refractivity contribution in [3.63, 3.8) is 0 Å². The fourth-order valence-electron chi connectivity index (χ4n) is 1.38. The molecular weight excluding hydrogens is 264 g/mol. The van der Waals surface area contributed by atoms with Crippen LogP contribution in [-0.4, -0.2) is 23.0 Å². The number of fused-ring (bicyclic) bond motifs is 1. The molecule has 0 aliphatic heterocycles. The SMILES string of the molecule is NS(=O)(=O)c1nn2c(-c3ccco3)cnc2s1. The van der Waals surface area contributed by atoms with E-state index in [9.17, 15) is 8.42 Å². The lowest BCUT2D eigenvalue weighted by Crippen LogP contribution is -2.12. The van der Waals surface area contributed by atoms with Crippen LogP contribution in [0.4, 0.5) is 0 Å². The Morgan fingerprint density at radius 3 is 2.94 bits per heavy atom. The summed E-state index contributed by atoms with van der Waals surface area (Å²) < 4.78 is 28.7. The van der Waals surface area contributed by atoms with E-state index in [1.54, 1.807) is 18.3 Å². The van der Waals surface area contributed by atoms with Gasteiger partial charge in [0, 0.05) is 0 Å². The molecule has 0 saturated carbocycles. The van der Waals surface area contributed by atoms with Gasteiger partial charge >= 0.3 is 0 Å². The molecule has 0 radical (unpaired) electrons. The summed E-state index contributed by atoms with van der Waals surface area (Å²) in [5.74, 6) is 0.559. The van der Waals surface area contributed by atoms with Crippen LogP contribution in [0.2, 0.25) is 0 Å². The zero-order valence-electron chi connectivity index (χ0n) is 8.27. The van der Waals surface area contributed by atoms with Crippen molar-refractivity contribution in [2.24, 2.45) is 5.14 Å². The summed E-state index contributed by atoms with van der Waals surface area (Å²) in [6.07, 6.45) is 3.08. The average Bonchev–Trinajstić information content (AvgIpc) is 2.91. The van der Waals surface area contributed by atoms with Gasteiger partial charge in [-0.05, 0) is 12.1 Å². The number of aromatic nitrogens is 3. The molecule has 0 spiro atoms. The van der Waals surface area contributed by atoms with E-state index in [0.717, 1.165) is 11.3 Å². The van der Waals surface area contributed by atoms with Gasteiger partial charge in [0.1, 0.15) is 5.69 Å². The van der Waals surface area contributed by atoms with E-state index in [1.807, 2.05) is 0 Å². The van der Waals surface area contributed by atoms with E-state index >= 15 is 0 Å². The highest BCUT2D eigenvalue weighted by atomic mass is 32.2. The van der Waals surface area contributed by atoms with Crippen molar-refractivity contribution < 1.29 is 12.8 Å². The van der Waals surface area contributed by atoms with Crippen molar-refractivity contribution in [1.82, 2.24) is 14.6 Å². The molecule has 0 aliphatic carbocycles. The molecule has 7 nitrogen and oxygen atoms in total. The molecule has 3 aromatic rings. The first-order chi connectivity index (χ1) is 8.05. The lowest BCUT2D eigenvalue weighted by molar-refractivity contribution is 0.576. The van der Waals surface area contributed by atoms with Crippen LogP contribution in [0.1, 0.15) is 0 Å². The Morgan fingerprint density at radius 2 is 2.29 bits per heavy atom. The summed E-state index contributed by atoms with van der Waals surface area (Å²) in [5.41, 5.74) is 0.580. The van der Waals surface area contributed by atoms with Crippen molar-refractivity contribution in [1.29, 1.82) is 0 Å². The number of furan rings is 1. The van der Waals surface area contributed by atoms with Gasteiger partial charge in [-0.3, -0.25) is 0 Å². The van der Waals surface area contributed by atoms with Crippen LogP contribution < -0.4 is 5.14 Å². The van der Waals surface area contributed by atoms with Crippen molar-refractivity contribution in [3.05, 3.63) is 24.6 Å². The molecule has 0 fully saturated rings. The third kappa shape index (κ3) is 1.64. The lowest BCUT2D eigenvalue weighted by Gasteiger charge is -1.91. The molecule has 2 N–H and O–H groups in total. The largest absolute Gasteiger partial charge is 0.463 e. The first-order valence-corrected chi connectivity index (χ1v) is 6.83. The van der Waals surface area contributed by atoms with E-state index in [0.29, 0.717) is 16.4 Å². The number of primary sulfonamides is 1. The molecule has 0 unspecified atom stereocenters. The Bertz CT molecular complexity index is 769. The van der Waals surface area contributed by atoms with Crippen LogP contribution in [-0.2, 0) is 10.0 Å². The maximum atomic E-state index is 11.2. The molecule has 0 saturated heterocycles. The van der Waals surface area contributed by atoms with Gasteiger partial charge in [0.05, 0.1) is 12.5 Å². The molecular formula is C8H6N4O3S2. The number of hydrogen-bond acceptors (Lipinski definition) is 6. The molecule has 0 bridgehead atoms. The quantitative estimate of drug-likeness (QED) is 0.738. The molecule has 3 heterocycles. The van der Waals surface area contributed by atoms with Gasteiger partial charge in [-0.15, -0.1) is 5.10 Å². The van der Waals surface area contributed by atoms with E-state index in [2.05, 4.69) is 10.1 Å². The molecule has 88 valence electrons. The summed E-state index contributed by atoms with van der Waals surface area (Å²) >= 11 is 0.908. The summed E-state index contributed by atoms with van der Waals surface area (Å²) in [6.45, 7) is 0. The zero-order valence-corrected chi connectivity index (χ0v) is 9.90. The van der Waals surface area contributed by atoms with Crippen molar-refractivity contribution in [2.75, 3.05) is 0 Å². The highest BCUT2D eigenvalue weighted by Crippen LogP contribution is 2.25. The minimum absolute atomic E-state index is 0.173. The predicted molar refractivity (Wildman–Crippen MR) is 59.9 cm³/mol. The van der Waals surface area contributed by atoms with E-state index < -0.39 is 10.0 Å². The summed E-state index contributed by atoms with van der Waals surface area (Å²) in [7, 11) is -3.80. The molecule has 3 aromatic heterocycles. The number of nitrogens with zero attached hydrogens (tertiary/aromatic N) is 3. The summed E-state index contributed by atoms with van der Waals surface area (Å²) in [5, 5.41) is 8.90. The van der Waals surface area contributed by atoms with Crippen molar-refractivity contribution in [3.8, 4) is 11.5 Å². The number of nitrogens with two attached hydrogens (primary N) is 1. The number of rotatable bonds is 2. The maximum Gasteiger partial charge on any atom is 0.267 e. The molecule has 0 atom stereocenters. The zero-order chi connectivity index (χ0) is 12.0. The van der Waals surface area contributed by atoms with Gasteiger partial charge < -0.3 is 4.42 Å². The van der Waals surface area contributed by atoms with Gasteiger partial charge in [-0.1, -0.05) is 11.3 Å². The van der Waals surface area contributed by atoms with Gasteiger partial charge in [-0.25, -0.2) is 18.5 Å². The Hall–Kier alpha value is -1.71. The molecule has 9 heteroatoms.